The summed E-state index contributed by atoms with van der Waals surface area (Å²) >= 11 is 0. The molecule has 1 saturated heterocycles. The van der Waals surface area contributed by atoms with Gasteiger partial charge in [0.05, 0.1) is 0 Å². The number of carbonyl (C=O) groups is 1. The molecule has 2 aliphatic heterocycles. The van der Waals surface area contributed by atoms with Crippen molar-refractivity contribution < 1.29 is 19.0 Å². The zero-order valence-corrected chi connectivity index (χ0v) is 13.9. The molecule has 0 bridgehead atoms. The first-order valence-corrected chi connectivity index (χ1v) is 8.55. The largest absolute Gasteiger partial charge is 0.490 e. The van der Waals surface area contributed by atoms with Crippen molar-refractivity contribution in [3.63, 3.8) is 0 Å². The van der Waals surface area contributed by atoms with Crippen LogP contribution >= 0.6 is 0 Å². The van der Waals surface area contributed by atoms with Gasteiger partial charge in [-0.15, -0.1) is 0 Å². The Morgan fingerprint density at radius 2 is 1.76 bits per heavy atom. The topological polar surface area (TPSA) is 60.9 Å². The van der Waals surface area contributed by atoms with Crippen LogP contribution in [0.3, 0.4) is 0 Å². The van der Waals surface area contributed by atoms with Gasteiger partial charge in [-0.1, -0.05) is 0 Å². The molecule has 3 heterocycles. The molecule has 1 aromatic carbocycles. The van der Waals surface area contributed by atoms with Gasteiger partial charge in [-0.2, -0.15) is 0 Å². The summed E-state index contributed by atoms with van der Waals surface area (Å²) in [6, 6.07) is 9.09. The Hall–Kier alpha value is -2.76. The van der Waals surface area contributed by atoms with Gasteiger partial charge in [-0.3, -0.25) is 9.78 Å². The molecule has 0 saturated carbocycles. The van der Waals surface area contributed by atoms with Crippen molar-refractivity contribution in [2.24, 2.45) is 0 Å². The number of ether oxygens (including phenoxy) is 3. The summed E-state index contributed by atoms with van der Waals surface area (Å²) in [5.41, 5.74) is 0.637. The lowest BCUT2D eigenvalue weighted by Gasteiger charge is -2.32. The standard InChI is InChI=1S/C19H20N2O4/c22-19(14-1-2-17-18(13-14)24-12-11-23-17)21-9-5-16(6-10-21)25-15-3-7-20-8-4-15/h1-4,7-8,13,16H,5-6,9-12H2. The van der Waals surface area contributed by atoms with Crippen LogP contribution in [0.4, 0.5) is 0 Å². The van der Waals surface area contributed by atoms with E-state index in [1.807, 2.05) is 17.0 Å². The van der Waals surface area contributed by atoms with E-state index in [0.717, 1.165) is 18.6 Å². The van der Waals surface area contributed by atoms with Crippen LogP contribution in [-0.4, -0.2) is 48.2 Å². The molecule has 0 atom stereocenters. The van der Waals surface area contributed by atoms with Gasteiger partial charge in [-0.25, -0.2) is 0 Å². The third-order valence-electron chi connectivity index (χ3n) is 4.47. The number of nitrogens with zero attached hydrogens (tertiary/aromatic N) is 2. The zero-order chi connectivity index (χ0) is 17.1. The number of fused-ring (bicyclic) bond motifs is 1. The number of amides is 1. The summed E-state index contributed by atoms with van der Waals surface area (Å²) in [7, 11) is 0. The smallest absolute Gasteiger partial charge is 0.253 e. The maximum Gasteiger partial charge on any atom is 0.253 e. The molecular formula is C19H20N2O4. The van der Waals surface area contributed by atoms with Crippen LogP contribution < -0.4 is 14.2 Å². The molecule has 25 heavy (non-hydrogen) atoms. The highest BCUT2D eigenvalue weighted by Gasteiger charge is 2.25. The van der Waals surface area contributed by atoms with Crippen molar-refractivity contribution in [1.29, 1.82) is 0 Å². The van der Waals surface area contributed by atoms with Crippen molar-refractivity contribution in [3.05, 3.63) is 48.3 Å². The van der Waals surface area contributed by atoms with Crippen molar-refractivity contribution >= 4 is 5.91 Å². The van der Waals surface area contributed by atoms with E-state index in [-0.39, 0.29) is 12.0 Å². The Bertz CT molecular complexity index is 742. The first-order chi connectivity index (χ1) is 12.3. The van der Waals surface area contributed by atoms with E-state index in [2.05, 4.69) is 4.98 Å². The van der Waals surface area contributed by atoms with Gasteiger partial charge in [0.2, 0.25) is 0 Å². The maximum atomic E-state index is 12.7. The molecule has 4 rings (SSSR count). The third kappa shape index (κ3) is 3.52. The minimum atomic E-state index is 0.0272. The van der Waals surface area contributed by atoms with E-state index in [9.17, 15) is 4.79 Å². The van der Waals surface area contributed by atoms with Gasteiger partial charge < -0.3 is 19.1 Å². The maximum absolute atomic E-state index is 12.7. The SMILES string of the molecule is O=C(c1ccc2c(c1)OCCO2)N1CCC(Oc2ccncc2)CC1. The number of pyridine rings is 1. The van der Waals surface area contributed by atoms with Crippen LogP contribution in [0.1, 0.15) is 23.2 Å². The fraction of sp³-hybridized carbons (Fsp3) is 0.368. The molecule has 0 unspecified atom stereocenters. The molecule has 1 fully saturated rings. The lowest BCUT2D eigenvalue weighted by atomic mass is 10.1. The molecule has 0 spiro atoms. The second-order valence-electron chi connectivity index (χ2n) is 6.15. The Morgan fingerprint density at radius 3 is 2.52 bits per heavy atom. The number of carbonyl (C=O) groups excluding carboxylic acids is 1. The van der Waals surface area contributed by atoms with Gasteiger partial charge >= 0.3 is 0 Å². The highest BCUT2D eigenvalue weighted by molar-refractivity contribution is 5.95. The molecule has 0 aliphatic carbocycles. The average Bonchev–Trinajstić information content (AvgIpc) is 2.68. The highest BCUT2D eigenvalue weighted by Crippen LogP contribution is 2.31. The van der Waals surface area contributed by atoms with Crippen molar-refractivity contribution in [3.8, 4) is 17.2 Å². The second-order valence-corrected chi connectivity index (χ2v) is 6.15. The molecule has 2 aliphatic rings. The van der Waals surface area contributed by atoms with Crippen LogP contribution in [-0.2, 0) is 0 Å². The van der Waals surface area contributed by atoms with Gasteiger partial charge in [0.15, 0.2) is 11.5 Å². The molecular weight excluding hydrogens is 320 g/mol. The average molecular weight is 340 g/mol. The number of likely N-dealkylation sites (tertiary alicyclic amines) is 1. The Morgan fingerprint density at radius 1 is 1.04 bits per heavy atom. The van der Waals surface area contributed by atoms with Crippen LogP contribution in [0.5, 0.6) is 17.2 Å². The summed E-state index contributed by atoms with van der Waals surface area (Å²) in [4.78, 5) is 18.6. The van der Waals surface area contributed by atoms with E-state index in [4.69, 9.17) is 14.2 Å². The van der Waals surface area contributed by atoms with E-state index in [1.165, 1.54) is 0 Å². The Kier molecular flexibility index (Phi) is 4.41. The summed E-state index contributed by atoms with van der Waals surface area (Å²) in [5, 5.41) is 0. The quantitative estimate of drug-likeness (QED) is 0.859. The van der Waals surface area contributed by atoms with E-state index in [1.54, 1.807) is 30.6 Å². The van der Waals surface area contributed by atoms with Crippen LogP contribution in [0.2, 0.25) is 0 Å². The zero-order valence-electron chi connectivity index (χ0n) is 13.9. The van der Waals surface area contributed by atoms with Crippen molar-refractivity contribution in [1.82, 2.24) is 9.88 Å². The van der Waals surface area contributed by atoms with Crippen molar-refractivity contribution in [2.45, 2.75) is 18.9 Å². The molecule has 0 radical (unpaired) electrons. The number of rotatable bonds is 3. The second kappa shape index (κ2) is 7.01. The van der Waals surface area contributed by atoms with Crippen LogP contribution in [0, 0.1) is 0 Å². The number of hydrogen-bond acceptors (Lipinski definition) is 5. The number of piperidine rings is 1. The molecule has 130 valence electrons. The molecule has 1 amide bonds. The predicted octanol–water partition coefficient (Wildman–Crippen LogP) is 2.54. The van der Waals surface area contributed by atoms with Crippen LogP contribution in [0.25, 0.3) is 0 Å². The van der Waals surface area contributed by atoms with Gasteiger partial charge in [-0.05, 0) is 30.3 Å². The molecule has 6 heteroatoms. The normalized spacial score (nSPS) is 17.2. The van der Waals surface area contributed by atoms with E-state index >= 15 is 0 Å². The van der Waals surface area contributed by atoms with Crippen LogP contribution in [0.15, 0.2) is 42.7 Å². The predicted molar refractivity (Wildman–Crippen MR) is 91.2 cm³/mol. The van der Waals surface area contributed by atoms with Gasteiger partial charge in [0.1, 0.15) is 25.1 Å². The summed E-state index contributed by atoms with van der Waals surface area (Å²) in [6.45, 7) is 2.43. The number of benzene rings is 1. The van der Waals surface area contributed by atoms with Gasteiger partial charge in [0, 0.05) is 43.9 Å². The molecule has 0 N–H and O–H groups in total. The minimum Gasteiger partial charge on any atom is -0.490 e. The van der Waals surface area contributed by atoms with E-state index in [0.29, 0.717) is 43.4 Å². The molecule has 2 aromatic rings. The monoisotopic (exact) mass is 340 g/mol. The lowest BCUT2D eigenvalue weighted by molar-refractivity contribution is 0.0594. The van der Waals surface area contributed by atoms with E-state index < -0.39 is 0 Å². The molecule has 6 nitrogen and oxygen atoms in total. The first-order valence-electron chi connectivity index (χ1n) is 8.55. The summed E-state index contributed by atoms with van der Waals surface area (Å²) in [6.07, 6.45) is 5.20. The van der Waals surface area contributed by atoms with Crippen molar-refractivity contribution in [2.75, 3.05) is 26.3 Å². The minimum absolute atomic E-state index is 0.0272. The number of aromatic nitrogens is 1. The summed E-state index contributed by atoms with van der Waals surface area (Å²) in [5.74, 6) is 2.20. The van der Waals surface area contributed by atoms with Gasteiger partial charge in [0.25, 0.3) is 5.91 Å². The summed E-state index contributed by atoms with van der Waals surface area (Å²) < 4.78 is 17.0. The lowest BCUT2D eigenvalue weighted by Crippen LogP contribution is -2.41. The highest BCUT2D eigenvalue weighted by atomic mass is 16.6. The first kappa shape index (κ1) is 15.7. The Labute approximate surface area is 146 Å². The molecule has 1 aromatic heterocycles. The fourth-order valence-electron chi connectivity index (χ4n) is 3.14. The fourth-order valence-corrected chi connectivity index (χ4v) is 3.14. The number of hydrogen-bond donors (Lipinski definition) is 0. The Balaban J connectivity index is 1.36. The third-order valence-corrected chi connectivity index (χ3v) is 4.47.